The number of fused-ring (bicyclic) bond motifs is 1. The molecule has 5 nitrogen and oxygen atoms in total. The minimum absolute atomic E-state index is 0.257. The molecule has 1 saturated carbocycles. The minimum Gasteiger partial charge on any atom is -0.382 e. The number of aromatic amines is 2. The summed E-state index contributed by atoms with van der Waals surface area (Å²) in [4.78, 5) is 23.7. The highest BCUT2D eigenvalue weighted by atomic mass is 16.1. The van der Waals surface area contributed by atoms with Crippen LogP contribution in [0.2, 0.25) is 0 Å². The third kappa shape index (κ3) is 2.24. The maximum atomic E-state index is 12.0. The molecule has 2 unspecified atom stereocenters. The highest BCUT2D eigenvalue weighted by Gasteiger charge is 2.23. The summed E-state index contributed by atoms with van der Waals surface area (Å²) in [6.45, 7) is 2.22. The molecule has 5 heteroatoms. The van der Waals surface area contributed by atoms with Crippen LogP contribution in [0.1, 0.15) is 32.6 Å². The van der Waals surface area contributed by atoms with Gasteiger partial charge in [0.15, 0.2) is 0 Å². The predicted octanol–water partition coefficient (Wildman–Crippen LogP) is 2.21. The Labute approximate surface area is 116 Å². The van der Waals surface area contributed by atoms with Crippen molar-refractivity contribution in [3.63, 3.8) is 0 Å². The van der Waals surface area contributed by atoms with Crippen LogP contribution in [0.5, 0.6) is 0 Å². The Kier molecular flexibility index (Phi) is 3.34. The van der Waals surface area contributed by atoms with Crippen LogP contribution in [0.15, 0.2) is 27.8 Å². The van der Waals surface area contributed by atoms with Gasteiger partial charge in [0.25, 0.3) is 11.1 Å². The zero-order valence-electron chi connectivity index (χ0n) is 11.5. The fourth-order valence-corrected chi connectivity index (χ4v) is 3.15. The SMILES string of the molecule is CCC1CCC(Nc2cccc3c(=O)[nH][nH]c(=O)c23)C1. The first-order chi connectivity index (χ1) is 9.69. The first-order valence-corrected chi connectivity index (χ1v) is 7.19. The van der Waals surface area contributed by atoms with Gasteiger partial charge >= 0.3 is 0 Å². The Morgan fingerprint density at radius 1 is 1.20 bits per heavy atom. The number of benzene rings is 1. The molecule has 0 spiro atoms. The molecular formula is C15H19N3O2. The lowest BCUT2D eigenvalue weighted by atomic mass is 10.1. The molecule has 20 heavy (non-hydrogen) atoms. The first kappa shape index (κ1) is 13.0. The van der Waals surface area contributed by atoms with Gasteiger partial charge in [-0.2, -0.15) is 0 Å². The number of hydrogen-bond acceptors (Lipinski definition) is 3. The Bertz CT molecular complexity index is 732. The van der Waals surface area contributed by atoms with Crippen LogP contribution in [-0.4, -0.2) is 16.2 Å². The molecule has 0 amide bonds. The first-order valence-electron chi connectivity index (χ1n) is 7.19. The van der Waals surface area contributed by atoms with Crippen LogP contribution < -0.4 is 16.4 Å². The molecule has 0 aliphatic heterocycles. The quantitative estimate of drug-likeness (QED) is 0.802. The number of hydrogen-bond donors (Lipinski definition) is 3. The molecule has 1 fully saturated rings. The van der Waals surface area contributed by atoms with E-state index >= 15 is 0 Å². The van der Waals surface area contributed by atoms with E-state index in [0.717, 1.165) is 24.4 Å². The zero-order valence-corrected chi connectivity index (χ0v) is 11.5. The van der Waals surface area contributed by atoms with Crippen LogP contribution in [-0.2, 0) is 0 Å². The standard InChI is InChI=1S/C15H19N3O2/c1-2-9-6-7-10(8-9)16-12-5-3-4-11-13(12)15(20)18-17-14(11)19/h3-5,9-10,16H,2,6-8H2,1H3,(H,17,19)(H,18,20). The summed E-state index contributed by atoms with van der Waals surface area (Å²) in [5.41, 5.74) is 0.241. The van der Waals surface area contributed by atoms with E-state index in [1.807, 2.05) is 12.1 Å². The number of H-pyrrole nitrogens is 2. The van der Waals surface area contributed by atoms with E-state index in [0.29, 0.717) is 16.8 Å². The molecule has 1 heterocycles. The van der Waals surface area contributed by atoms with Crippen LogP contribution in [0.3, 0.4) is 0 Å². The number of anilines is 1. The molecule has 0 saturated heterocycles. The Morgan fingerprint density at radius 2 is 2.00 bits per heavy atom. The van der Waals surface area contributed by atoms with Gasteiger partial charge in [-0.05, 0) is 37.3 Å². The average molecular weight is 273 g/mol. The van der Waals surface area contributed by atoms with Crippen molar-refractivity contribution in [2.24, 2.45) is 5.92 Å². The van der Waals surface area contributed by atoms with E-state index in [9.17, 15) is 9.59 Å². The maximum Gasteiger partial charge on any atom is 0.272 e. The van der Waals surface area contributed by atoms with E-state index in [4.69, 9.17) is 0 Å². The van der Waals surface area contributed by atoms with E-state index in [-0.39, 0.29) is 11.1 Å². The van der Waals surface area contributed by atoms with Gasteiger partial charge < -0.3 is 5.32 Å². The molecule has 1 aliphatic carbocycles. The fraction of sp³-hybridized carbons (Fsp3) is 0.467. The predicted molar refractivity (Wildman–Crippen MR) is 80.2 cm³/mol. The largest absolute Gasteiger partial charge is 0.382 e. The zero-order chi connectivity index (χ0) is 14.1. The van der Waals surface area contributed by atoms with Crippen molar-refractivity contribution in [3.8, 4) is 0 Å². The van der Waals surface area contributed by atoms with Crippen LogP contribution in [0.4, 0.5) is 5.69 Å². The van der Waals surface area contributed by atoms with Gasteiger partial charge in [-0.15, -0.1) is 0 Å². The molecule has 1 aromatic heterocycles. The van der Waals surface area contributed by atoms with Gasteiger partial charge in [0, 0.05) is 11.7 Å². The van der Waals surface area contributed by atoms with Gasteiger partial charge in [-0.1, -0.05) is 19.4 Å². The van der Waals surface area contributed by atoms with Crippen molar-refractivity contribution in [2.75, 3.05) is 5.32 Å². The summed E-state index contributed by atoms with van der Waals surface area (Å²) in [7, 11) is 0. The number of aromatic nitrogens is 2. The van der Waals surface area contributed by atoms with Gasteiger partial charge in [-0.3, -0.25) is 19.8 Å². The fourth-order valence-electron chi connectivity index (χ4n) is 3.15. The number of nitrogens with one attached hydrogen (secondary N) is 3. The van der Waals surface area contributed by atoms with E-state index < -0.39 is 0 Å². The number of rotatable bonds is 3. The highest BCUT2D eigenvalue weighted by molar-refractivity contribution is 5.92. The summed E-state index contributed by atoms with van der Waals surface area (Å²) >= 11 is 0. The van der Waals surface area contributed by atoms with Gasteiger partial charge in [0.2, 0.25) is 0 Å². The Balaban J connectivity index is 1.98. The van der Waals surface area contributed by atoms with Gasteiger partial charge in [-0.25, -0.2) is 0 Å². The van der Waals surface area contributed by atoms with E-state index in [1.54, 1.807) is 6.07 Å². The molecule has 2 aromatic rings. The molecule has 3 N–H and O–H groups in total. The average Bonchev–Trinajstić information content (AvgIpc) is 2.91. The van der Waals surface area contributed by atoms with Crippen molar-refractivity contribution in [1.29, 1.82) is 0 Å². The molecule has 3 rings (SSSR count). The molecule has 1 aliphatic rings. The smallest absolute Gasteiger partial charge is 0.272 e. The molecule has 1 aromatic carbocycles. The monoisotopic (exact) mass is 273 g/mol. The lowest BCUT2D eigenvalue weighted by Crippen LogP contribution is -2.22. The lowest BCUT2D eigenvalue weighted by Gasteiger charge is -2.15. The summed E-state index contributed by atoms with van der Waals surface area (Å²) < 4.78 is 0. The summed E-state index contributed by atoms with van der Waals surface area (Å²) in [5.74, 6) is 0.768. The second-order valence-corrected chi connectivity index (χ2v) is 5.56. The molecule has 2 atom stereocenters. The van der Waals surface area contributed by atoms with Crippen molar-refractivity contribution in [3.05, 3.63) is 38.9 Å². The second-order valence-electron chi connectivity index (χ2n) is 5.56. The van der Waals surface area contributed by atoms with Crippen molar-refractivity contribution >= 4 is 16.5 Å². The summed E-state index contributed by atoms with van der Waals surface area (Å²) in [6, 6.07) is 5.75. The summed E-state index contributed by atoms with van der Waals surface area (Å²) in [6.07, 6.45) is 4.69. The van der Waals surface area contributed by atoms with Crippen molar-refractivity contribution in [2.45, 2.75) is 38.6 Å². The lowest BCUT2D eigenvalue weighted by molar-refractivity contribution is 0.525. The van der Waals surface area contributed by atoms with Crippen LogP contribution in [0, 0.1) is 5.92 Å². The van der Waals surface area contributed by atoms with Crippen LogP contribution >= 0.6 is 0 Å². The van der Waals surface area contributed by atoms with Crippen molar-refractivity contribution < 1.29 is 0 Å². The molecule has 0 radical (unpaired) electrons. The third-order valence-corrected chi connectivity index (χ3v) is 4.30. The Morgan fingerprint density at radius 3 is 2.75 bits per heavy atom. The topological polar surface area (TPSA) is 77.8 Å². The van der Waals surface area contributed by atoms with Crippen LogP contribution in [0.25, 0.3) is 10.8 Å². The van der Waals surface area contributed by atoms with Gasteiger partial charge in [0.05, 0.1) is 10.8 Å². The molecule has 0 bridgehead atoms. The third-order valence-electron chi connectivity index (χ3n) is 4.30. The maximum absolute atomic E-state index is 12.0. The van der Waals surface area contributed by atoms with Gasteiger partial charge in [0.1, 0.15) is 0 Å². The molecule has 106 valence electrons. The molecular weight excluding hydrogens is 254 g/mol. The second kappa shape index (κ2) is 5.15. The summed E-state index contributed by atoms with van der Waals surface area (Å²) in [5, 5.41) is 9.09. The van der Waals surface area contributed by atoms with E-state index in [1.165, 1.54) is 12.8 Å². The highest BCUT2D eigenvalue weighted by Crippen LogP contribution is 2.31. The van der Waals surface area contributed by atoms with E-state index in [2.05, 4.69) is 22.4 Å². The Hall–Kier alpha value is -2.04. The minimum atomic E-state index is -0.263. The van der Waals surface area contributed by atoms with Crippen molar-refractivity contribution in [1.82, 2.24) is 10.2 Å². The normalized spacial score (nSPS) is 22.2.